The SMILES string of the molecule is CC(O)C(=O)NCCn1c2c(c(=O)n1Cc1ccc(Cl)cc1)CN(Cc1cc(F)cc(F)c1)CC2. The smallest absolute Gasteiger partial charge is 0.271 e. The number of aromatic nitrogens is 2. The van der Waals surface area contributed by atoms with Crippen molar-refractivity contribution in [2.45, 2.75) is 45.6 Å². The molecule has 2 heterocycles. The fourth-order valence-corrected chi connectivity index (χ4v) is 4.53. The number of aliphatic hydroxyl groups excluding tert-OH is 1. The summed E-state index contributed by atoms with van der Waals surface area (Å²) in [5.74, 6) is -1.74. The van der Waals surface area contributed by atoms with Gasteiger partial charge in [0.1, 0.15) is 17.7 Å². The van der Waals surface area contributed by atoms with E-state index in [-0.39, 0.29) is 12.1 Å². The molecule has 0 saturated heterocycles. The summed E-state index contributed by atoms with van der Waals surface area (Å²) in [4.78, 5) is 27.2. The van der Waals surface area contributed by atoms with E-state index in [4.69, 9.17) is 11.6 Å². The molecule has 1 aliphatic rings. The van der Waals surface area contributed by atoms with Crippen molar-refractivity contribution in [2.24, 2.45) is 0 Å². The van der Waals surface area contributed by atoms with Gasteiger partial charge in [0.15, 0.2) is 0 Å². The number of hydrogen-bond donors (Lipinski definition) is 2. The third kappa shape index (κ3) is 5.98. The molecule has 2 N–H and O–H groups in total. The predicted octanol–water partition coefficient (Wildman–Crippen LogP) is 2.69. The highest BCUT2D eigenvalue weighted by Gasteiger charge is 2.26. The number of carbonyl (C=O) groups is 1. The third-order valence-electron chi connectivity index (χ3n) is 6.07. The van der Waals surface area contributed by atoms with Crippen molar-refractivity contribution in [2.75, 3.05) is 13.1 Å². The summed E-state index contributed by atoms with van der Waals surface area (Å²) < 4.78 is 30.8. The Morgan fingerprint density at radius 1 is 1.09 bits per heavy atom. The molecule has 1 aliphatic heterocycles. The molecule has 7 nitrogen and oxygen atoms in total. The quantitative estimate of drug-likeness (QED) is 0.494. The molecule has 1 aromatic heterocycles. The van der Waals surface area contributed by atoms with Crippen LogP contribution in [-0.2, 0) is 37.4 Å². The minimum Gasteiger partial charge on any atom is -0.384 e. The third-order valence-corrected chi connectivity index (χ3v) is 6.32. The van der Waals surface area contributed by atoms with Crippen LogP contribution < -0.4 is 10.9 Å². The van der Waals surface area contributed by atoms with Crippen LogP contribution in [0, 0.1) is 11.6 Å². The molecular weight excluding hydrogens is 478 g/mol. The maximum absolute atomic E-state index is 13.6. The van der Waals surface area contributed by atoms with Crippen molar-refractivity contribution in [3.05, 3.63) is 91.9 Å². The molecular formula is C25H27ClF2N4O3. The second kappa shape index (κ2) is 10.7. The number of nitrogens with zero attached hydrogens (tertiary/aromatic N) is 3. The molecule has 4 rings (SSSR count). The normalized spacial score (nSPS) is 14.5. The van der Waals surface area contributed by atoms with Crippen LogP contribution >= 0.6 is 11.6 Å². The molecule has 3 aromatic rings. The highest BCUT2D eigenvalue weighted by molar-refractivity contribution is 6.30. The van der Waals surface area contributed by atoms with Crippen LogP contribution in [0.2, 0.25) is 5.02 Å². The first-order valence-corrected chi connectivity index (χ1v) is 11.8. The number of halogens is 3. The van der Waals surface area contributed by atoms with E-state index in [0.717, 1.165) is 17.3 Å². The lowest BCUT2D eigenvalue weighted by molar-refractivity contribution is -0.128. The van der Waals surface area contributed by atoms with Crippen LogP contribution in [-0.4, -0.2) is 44.5 Å². The Bertz CT molecular complexity index is 1250. The highest BCUT2D eigenvalue weighted by Crippen LogP contribution is 2.21. The minimum atomic E-state index is -1.12. The average molecular weight is 505 g/mol. The number of fused-ring (bicyclic) bond motifs is 1. The molecule has 0 aliphatic carbocycles. The van der Waals surface area contributed by atoms with Gasteiger partial charge in [0.25, 0.3) is 5.56 Å². The molecule has 1 amide bonds. The van der Waals surface area contributed by atoms with Crippen molar-refractivity contribution < 1.29 is 18.7 Å². The number of hydrogen-bond acceptors (Lipinski definition) is 4. The zero-order chi connectivity index (χ0) is 25.1. The van der Waals surface area contributed by atoms with Crippen LogP contribution in [0.1, 0.15) is 29.3 Å². The standard InChI is InChI=1S/C25H27ClF2N4O3/c1-16(33)24(34)29-7-9-31-23-6-8-30(13-18-10-20(27)12-21(28)11-18)15-22(23)25(35)32(31)14-17-2-4-19(26)5-3-17/h2-5,10-12,16,33H,6-9,13-15H2,1H3,(H,29,34). The summed E-state index contributed by atoms with van der Waals surface area (Å²) in [7, 11) is 0. The lowest BCUT2D eigenvalue weighted by Crippen LogP contribution is -2.36. The number of rotatable bonds is 8. The molecule has 1 unspecified atom stereocenters. The molecule has 0 spiro atoms. The summed E-state index contributed by atoms with van der Waals surface area (Å²) >= 11 is 6.00. The van der Waals surface area contributed by atoms with Gasteiger partial charge in [-0.25, -0.2) is 13.5 Å². The number of amides is 1. The molecule has 186 valence electrons. The van der Waals surface area contributed by atoms with Crippen molar-refractivity contribution in [3.63, 3.8) is 0 Å². The van der Waals surface area contributed by atoms with Gasteiger partial charge in [0.05, 0.1) is 18.7 Å². The molecule has 10 heteroatoms. The van der Waals surface area contributed by atoms with Gasteiger partial charge in [-0.05, 0) is 42.3 Å². The zero-order valence-electron chi connectivity index (χ0n) is 19.3. The van der Waals surface area contributed by atoms with Crippen LogP contribution in [0.3, 0.4) is 0 Å². The van der Waals surface area contributed by atoms with E-state index in [9.17, 15) is 23.5 Å². The van der Waals surface area contributed by atoms with Gasteiger partial charge in [0.2, 0.25) is 5.91 Å². The molecule has 35 heavy (non-hydrogen) atoms. The fourth-order valence-electron chi connectivity index (χ4n) is 4.40. The fraction of sp³-hybridized carbons (Fsp3) is 0.360. The van der Waals surface area contributed by atoms with E-state index in [1.807, 2.05) is 21.7 Å². The van der Waals surface area contributed by atoms with E-state index in [1.165, 1.54) is 19.1 Å². The second-order valence-corrected chi connectivity index (χ2v) is 9.18. The van der Waals surface area contributed by atoms with Crippen LogP contribution in [0.15, 0.2) is 47.3 Å². The maximum atomic E-state index is 13.6. The molecule has 0 fully saturated rings. The number of carbonyl (C=O) groups excluding carboxylic acids is 1. The summed E-state index contributed by atoms with van der Waals surface area (Å²) in [5, 5.41) is 12.7. The van der Waals surface area contributed by atoms with E-state index in [2.05, 4.69) is 5.32 Å². The van der Waals surface area contributed by atoms with Gasteiger partial charge >= 0.3 is 0 Å². The van der Waals surface area contributed by atoms with Crippen LogP contribution in [0.25, 0.3) is 0 Å². The Morgan fingerprint density at radius 3 is 2.43 bits per heavy atom. The van der Waals surface area contributed by atoms with Gasteiger partial charge in [0, 0.05) is 49.4 Å². The molecule has 0 bridgehead atoms. The van der Waals surface area contributed by atoms with Crippen LogP contribution in [0.4, 0.5) is 8.78 Å². The van der Waals surface area contributed by atoms with Gasteiger partial charge in [-0.2, -0.15) is 0 Å². The first kappa shape index (κ1) is 25.1. The Balaban J connectivity index is 1.60. The first-order chi connectivity index (χ1) is 16.7. The lowest BCUT2D eigenvalue weighted by atomic mass is 10.1. The van der Waals surface area contributed by atoms with Gasteiger partial charge < -0.3 is 10.4 Å². The Morgan fingerprint density at radius 2 is 1.77 bits per heavy atom. The topological polar surface area (TPSA) is 79.5 Å². The van der Waals surface area contributed by atoms with Crippen molar-refractivity contribution in [1.29, 1.82) is 0 Å². The number of aliphatic hydroxyl groups is 1. The monoisotopic (exact) mass is 504 g/mol. The Hall–Kier alpha value is -3.01. The van der Waals surface area contributed by atoms with Crippen molar-refractivity contribution >= 4 is 17.5 Å². The second-order valence-electron chi connectivity index (χ2n) is 8.74. The zero-order valence-corrected chi connectivity index (χ0v) is 20.1. The Labute approximate surface area is 206 Å². The maximum Gasteiger partial charge on any atom is 0.271 e. The number of benzene rings is 2. The minimum absolute atomic E-state index is 0.146. The van der Waals surface area contributed by atoms with E-state index in [1.54, 1.807) is 16.8 Å². The molecule has 1 atom stereocenters. The molecule has 0 radical (unpaired) electrons. The highest BCUT2D eigenvalue weighted by atomic mass is 35.5. The summed E-state index contributed by atoms with van der Waals surface area (Å²) in [5.41, 5.74) is 2.76. The summed E-state index contributed by atoms with van der Waals surface area (Å²) in [6, 6.07) is 10.7. The predicted molar refractivity (Wildman–Crippen MR) is 128 cm³/mol. The molecule has 0 saturated carbocycles. The van der Waals surface area contributed by atoms with E-state index in [0.29, 0.717) is 55.3 Å². The Kier molecular flexibility index (Phi) is 7.69. The lowest BCUT2D eigenvalue weighted by Gasteiger charge is -2.27. The molecule has 2 aromatic carbocycles. The van der Waals surface area contributed by atoms with Crippen LogP contribution in [0.5, 0.6) is 0 Å². The summed E-state index contributed by atoms with van der Waals surface area (Å²) in [6.45, 7) is 3.59. The average Bonchev–Trinajstić information content (AvgIpc) is 3.05. The van der Waals surface area contributed by atoms with Crippen molar-refractivity contribution in [3.8, 4) is 0 Å². The largest absolute Gasteiger partial charge is 0.384 e. The van der Waals surface area contributed by atoms with E-state index >= 15 is 0 Å². The number of nitrogens with one attached hydrogen (secondary N) is 1. The van der Waals surface area contributed by atoms with E-state index < -0.39 is 23.6 Å². The van der Waals surface area contributed by atoms with Crippen molar-refractivity contribution in [1.82, 2.24) is 19.6 Å². The first-order valence-electron chi connectivity index (χ1n) is 11.4. The summed E-state index contributed by atoms with van der Waals surface area (Å²) in [6.07, 6.45) is -0.550. The van der Waals surface area contributed by atoms with Gasteiger partial charge in [-0.3, -0.25) is 19.2 Å². The van der Waals surface area contributed by atoms with Gasteiger partial charge in [-0.15, -0.1) is 0 Å². The van der Waals surface area contributed by atoms with Gasteiger partial charge in [-0.1, -0.05) is 23.7 Å².